The molecule has 1 amide bonds. The molecule has 0 bridgehead atoms. The number of carbonyl (C=O) groups is 1. The van der Waals surface area contributed by atoms with Gasteiger partial charge >= 0.3 is 0 Å². The Hall–Kier alpha value is -2.70. The first-order chi connectivity index (χ1) is 9.82. The smallest absolute Gasteiger partial charge is 0.258 e. The van der Waals surface area contributed by atoms with E-state index in [9.17, 15) is 23.1 Å². The monoisotopic (exact) mass is 297 g/mol. The Morgan fingerprint density at radius 1 is 1.14 bits per heavy atom. The summed E-state index contributed by atoms with van der Waals surface area (Å²) in [6.07, 6.45) is 0. The predicted molar refractivity (Wildman–Crippen MR) is 68.8 cm³/mol. The lowest BCUT2D eigenvalue weighted by Gasteiger charge is -2.11. The van der Waals surface area contributed by atoms with Gasteiger partial charge in [0, 0.05) is 11.3 Å². The summed E-state index contributed by atoms with van der Waals surface area (Å²) in [5.41, 5.74) is -0.365. The highest BCUT2D eigenvalue weighted by molar-refractivity contribution is 6.05. The standard InChI is InChI=1S/C14H10F3NO3/c1-6-9(3-2-4-10(6)19)18-14(21)7-5-8(15)12(17)13(20)11(7)16/h2-5,19-20H,1H3,(H,18,21). The molecule has 110 valence electrons. The van der Waals surface area contributed by atoms with Crippen LogP contribution in [-0.4, -0.2) is 16.1 Å². The summed E-state index contributed by atoms with van der Waals surface area (Å²) < 4.78 is 39.7. The van der Waals surface area contributed by atoms with Crippen LogP contribution >= 0.6 is 0 Å². The van der Waals surface area contributed by atoms with E-state index < -0.39 is 34.7 Å². The van der Waals surface area contributed by atoms with Gasteiger partial charge in [0.25, 0.3) is 5.91 Å². The van der Waals surface area contributed by atoms with Crippen LogP contribution in [0.15, 0.2) is 24.3 Å². The molecular formula is C14H10F3NO3. The summed E-state index contributed by atoms with van der Waals surface area (Å²) in [6, 6.07) is 4.61. The Bertz CT molecular complexity index is 732. The molecule has 0 atom stereocenters. The average Bonchev–Trinajstić information content (AvgIpc) is 2.45. The Labute approximate surface area is 117 Å². The van der Waals surface area contributed by atoms with Gasteiger partial charge in [0.1, 0.15) is 5.75 Å². The van der Waals surface area contributed by atoms with Crippen LogP contribution in [0.4, 0.5) is 18.9 Å². The molecule has 0 saturated heterocycles. The van der Waals surface area contributed by atoms with Gasteiger partial charge in [-0.2, -0.15) is 4.39 Å². The van der Waals surface area contributed by atoms with E-state index in [2.05, 4.69) is 5.32 Å². The third-order valence-corrected chi connectivity index (χ3v) is 2.93. The second-order valence-electron chi connectivity index (χ2n) is 4.29. The summed E-state index contributed by atoms with van der Waals surface area (Å²) >= 11 is 0. The molecule has 2 rings (SSSR count). The maximum atomic E-state index is 13.6. The SMILES string of the molecule is Cc1c(O)cccc1NC(=O)c1cc(F)c(F)c(O)c1F. The van der Waals surface area contributed by atoms with Gasteiger partial charge in [-0.25, -0.2) is 8.78 Å². The van der Waals surface area contributed by atoms with E-state index in [-0.39, 0.29) is 11.4 Å². The van der Waals surface area contributed by atoms with Gasteiger partial charge in [-0.15, -0.1) is 0 Å². The molecule has 0 aromatic heterocycles. The maximum absolute atomic E-state index is 13.6. The number of aromatic hydroxyl groups is 2. The van der Waals surface area contributed by atoms with Gasteiger partial charge in [0.15, 0.2) is 17.4 Å². The molecule has 21 heavy (non-hydrogen) atoms. The Morgan fingerprint density at radius 3 is 2.48 bits per heavy atom. The first-order valence-electron chi connectivity index (χ1n) is 5.79. The number of nitrogens with one attached hydrogen (secondary N) is 1. The zero-order valence-corrected chi connectivity index (χ0v) is 10.7. The second-order valence-corrected chi connectivity index (χ2v) is 4.29. The summed E-state index contributed by atoms with van der Waals surface area (Å²) in [4.78, 5) is 11.9. The van der Waals surface area contributed by atoms with E-state index in [1.165, 1.54) is 25.1 Å². The van der Waals surface area contributed by atoms with Crippen molar-refractivity contribution in [2.75, 3.05) is 5.32 Å². The minimum Gasteiger partial charge on any atom is -0.508 e. The molecule has 2 aromatic rings. The Morgan fingerprint density at radius 2 is 1.81 bits per heavy atom. The van der Waals surface area contributed by atoms with Crippen LogP contribution in [0.3, 0.4) is 0 Å². The topological polar surface area (TPSA) is 69.6 Å². The minimum atomic E-state index is -1.77. The van der Waals surface area contributed by atoms with Gasteiger partial charge < -0.3 is 15.5 Å². The number of phenolic OH excluding ortho intramolecular Hbond substituents is 2. The molecule has 0 aliphatic rings. The minimum absolute atomic E-state index is 0.0959. The maximum Gasteiger partial charge on any atom is 0.258 e. The van der Waals surface area contributed by atoms with Crippen molar-refractivity contribution < 1.29 is 28.2 Å². The van der Waals surface area contributed by atoms with Crippen molar-refractivity contribution in [3.05, 3.63) is 52.8 Å². The first-order valence-corrected chi connectivity index (χ1v) is 5.79. The van der Waals surface area contributed by atoms with Crippen LogP contribution in [0.1, 0.15) is 15.9 Å². The largest absolute Gasteiger partial charge is 0.508 e. The van der Waals surface area contributed by atoms with Crippen LogP contribution in [0.5, 0.6) is 11.5 Å². The van der Waals surface area contributed by atoms with Crippen LogP contribution in [0.25, 0.3) is 0 Å². The highest BCUT2D eigenvalue weighted by Gasteiger charge is 2.22. The zero-order valence-electron chi connectivity index (χ0n) is 10.7. The van der Waals surface area contributed by atoms with Gasteiger partial charge in [-0.05, 0) is 25.1 Å². The lowest BCUT2D eigenvalue weighted by molar-refractivity contribution is 0.102. The van der Waals surface area contributed by atoms with Gasteiger partial charge in [-0.3, -0.25) is 4.79 Å². The lowest BCUT2D eigenvalue weighted by Crippen LogP contribution is -2.15. The fraction of sp³-hybridized carbons (Fsp3) is 0.0714. The lowest BCUT2D eigenvalue weighted by atomic mass is 10.1. The number of hydrogen-bond acceptors (Lipinski definition) is 3. The molecule has 4 nitrogen and oxygen atoms in total. The quantitative estimate of drug-likeness (QED) is 0.746. The van der Waals surface area contributed by atoms with E-state index in [1.807, 2.05) is 0 Å². The summed E-state index contributed by atoms with van der Waals surface area (Å²) in [6.45, 7) is 1.50. The molecule has 0 radical (unpaired) electrons. The predicted octanol–water partition coefficient (Wildman–Crippen LogP) is 3.08. The number of anilines is 1. The number of hydrogen-bond donors (Lipinski definition) is 3. The number of carbonyl (C=O) groups excluding carboxylic acids is 1. The van der Waals surface area contributed by atoms with Gasteiger partial charge in [-0.1, -0.05) is 6.07 Å². The molecular weight excluding hydrogens is 287 g/mol. The van der Waals surface area contributed by atoms with Gasteiger partial charge in [0.05, 0.1) is 5.56 Å². The third kappa shape index (κ3) is 2.62. The highest BCUT2D eigenvalue weighted by Crippen LogP contribution is 2.28. The number of amides is 1. The van der Waals surface area contributed by atoms with E-state index in [0.29, 0.717) is 11.6 Å². The normalized spacial score (nSPS) is 10.5. The van der Waals surface area contributed by atoms with Crippen molar-refractivity contribution in [3.8, 4) is 11.5 Å². The first kappa shape index (κ1) is 14.7. The van der Waals surface area contributed by atoms with Gasteiger partial charge in [0.2, 0.25) is 5.82 Å². The molecule has 7 heteroatoms. The second kappa shape index (κ2) is 5.35. The number of halogens is 3. The summed E-state index contributed by atoms with van der Waals surface area (Å²) in [5, 5.41) is 20.8. The van der Waals surface area contributed by atoms with Crippen LogP contribution in [-0.2, 0) is 0 Å². The van der Waals surface area contributed by atoms with Crippen molar-refractivity contribution >= 4 is 11.6 Å². The van der Waals surface area contributed by atoms with Crippen LogP contribution in [0.2, 0.25) is 0 Å². The molecule has 0 saturated carbocycles. The van der Waals surface area contributed by atoms with E-state index in [0.717, 1.165) is 0 Å². The van der Waals surface area contributed by atoms with E-state index in [1.54, 1.807) is 0 Å². The van der Waals surface area contributed by atoms with E-state index in [4.69, 9.17) is 5.11 Å². The van der Waals surface area contributed by atoms with Crippen molar-refractivity contribution in [3.63, 3.8) is 0 Å². The number of benzene rings is 2. The molecule has 0 aliphatic heterocycles. The summed E-state index contributed by atoms with van der Waals surface area (Å²) in [5.74, 6) is -7.63. The van der Waals surface area contributed by atoms with Crippen molar-refractivity contribution in [1.82, 2.24) is 0 Å². The fourth-order valence-corrected chi connectivity index (χ4v) is 1.70. The van der Waals surface area contributed by atoms with Crippen molar-refractivity contribution in [2.45, 2.75) is 6.92 Å². The fourth-order valence-electron chi connectivity index (χ4n) is 1.70. The Kier molecular flexibility index (Phi) is 3.75. The molecule has 2 aromatic carbocycles. The molecule has 0 spiro atoms. The van der Waals surface area contributed by atoms with Crippen molar-refractivity contribution in [2.24, 2.45) is 0 Å². The zero-order chi connectivity index (χ0) is 15.7. The highest BCUT2D eigenvalue weighted by atomic mass is 19.2. The van der Waals surface area contributed by atoms with Crippen LogP contribution < -0.4 is 5.32 Å². The van der Waals surface area contributed by atoms with E-state index >= 15 is 0 Å². The molecule has 3 N–H and O–H groups in total. The average molecular weight is 297 g/mol. The Balaban J connectivity index is 2.40. The molecule has 0 heterocycles. The number of phenols is 2. The summed E-state index contributed by atoms with van der Waals surface area (Å²) in [7, 11) is 0. The molecule has 0 fully saturated rings. The van der Waals surface area contributed by atoms with Crippen molar-refractivity contribution in [1.29, 1.82) is 0 Å². The molecule has 0 unspecified atom stereocenters. The number of rotatable bonds is 2. The third-order valence-electron chi connectivity index (χ3n) is 2.93. The van der Waals surface area contributed by atoms with Crippen LogP contribution in [0, 0.1) is 24.4 Å². The molecule has 0 aliphatic carbocycles.